The number of rotatable bonds is 7. The number of hydrogen-bond donors (Lipinski definition) is 0. The number of nitrogens with zero attached hydrogens (tertiary/aromatic N) is 7. The minimum absolute atomic E-state index is 0.492. The van der Waals surface area contributed by atoms with E-state index in [0.29, 0.717) is 5.92 Å². The van der Waals surface area contributed by atoms with Crippen molar-refractivity contribution in [3.63, 3.8) is 0 Å². The minimum Gasteiger partial charge on any atom is -0.341 e. The van der Waals surface area contributed by atoms with E-state index in [1.807, 2.05) is 12.4 Å². The Labute approximate surface area is 202 Å². The van der Waals surface area contributed by atoms with Crippen LogP contribution in [0.1, 0.15) is 36.2 Å². The normalized spacial score (nSPS) is 20.2. The van der Waals surface area contributed by atoms with Gasteiger partial charge >= 0.3 is 0 Å². The first kappa shape index (κ1) is 22.9. The first-order chi connectivity index (χ1) is 16.8. The van der Waals surface area contributed by atoms with Crippen molar-refractivity contribution in [3.8, 4) is 0 Å². The van der Waals surface area contributed by atoms with E-state index in [-0.39, 0.29) is 0 Å². The van der Waals surface area contributed by atoms with Gasteiger partial charge in [-0.3, -0.25) is 19.8 Å². The van der Waals surface area contributed by atoms with E-state index in [2.05, 4.69) is 66.0 Å². The van der Waals surface area contributed by atoms with Crippen LogP contribution >= 0.6 is 0 Å². The molecule has 7 nitrogen and oxygen atoms in total. The summed E-state index contributed by atoms with van der Waals surface area (Å²) in [5.41, 5.74) is 3.56. The molecule has 2 aromatic heterocycles. The van der Waals surface area contributed by atoms with Crippen LogP contribution in [0.3, 0.4) is 0 Å². The van der Waals surface area contributed by atoms with Gasteiger partial charge in [-0.1, -0.05) is 30.3 Å². The SMILES string of the molecule is c1ccc(CN2CCN(Cc3ccnc(N4CCCCC4)n3)C[C@H](Cc3cnccn3)C2)cc1. The summed E-state index contributed by atoms with van der Waals surface area (Å²) in [7, 11) is 0. The zero-order valence-electron chi connectivity index (χ0n) is 20.0. The quantitative estimate of drug-likeness (QED) is 0.539. The van der Waals surface area contributed by atoms with Crippen molar-refractivity contribution in [3.05, 3.63) is 78.1 Å². The Morgan fingerprint density at radius 1 is 0.735 bits per heavy atom. The van der Waals surface area contributed by atoms with Gasteiger partial charge in [0.1, 0.15) is 0 Å². The number of aromatic nitrogens is 4. The minimum atomic E-state index is 0.492. The van der Waals surface area contributed by atoms with Crippen LogP contribution < -0.4 is 4.90 Å². The molecule has 7 heteroatoms. The highest BCUT2D eigenvalue weighted by Crippen LogP contribution is 2.19. The molecular weight excluding hydrogens is 422 g/mol. The monoisotopic (exact) mass is 457 g/mol. The first-order valence-corrected chi connectivity index (χ1v) is 12.6. The summed E-state index contributed by atoms with van der Waals surface area (Å²) in [5, 5.41) is 0. The van der Waals surface area contributed by atoms with Crippen molar-refractivity contribution < 1.29 is 0 Å². The van der Waals surface area contributed by atoms with E-state index in [1.54, 1.807) is 12.4 Å². The Balaban J connectivity index is 1.29. The molecule has 0 bridgehead atoms. The third-order valence-electron chi connectivity index (χ3n) is 6.85. The molecule has 0 saturated carbocycles. The molecule has 0 N–H and O–H groups in total. The molecule has 2 aliphatic rings. The van der Waals surface area contributed by atoms with E-state index < -0.39 is 0 Å². The molecule has 0 amide bonds. The highest BCUT2D eigenvalue weighted by molar-refractivity contribution is 5.30. The van der Waals surface area contributed by atoms with Gasteiger partial charge in [0.05, 0.1) is 11.4 Å². The van der Waals surface area contributed by atoms with Crippen molar-refractivity contribution in [1.29, 1.82) is 0 Å². The summed E-state index contributed by atoms with van der Waals surface area (Å²) in [6.07, 6.45) is 12.1. The highest BCUT2D eigenvalue weighted by Gasteiger charge is 2.24. The van der Waals surface area contributed by atoms with Gasteiger partial charge in [0.2, 0.25) is 5.95 Å². The van der Waals surface area contributed by atoms with Crippen molar-refractivity contribution in [2.24, 2.45) is 5.92 Å². The molecule has 2 saturated heterocycles. The summed E-state index contributed by atoms with van der Waals surface area (Å²) < 4.78 is 0. The molecule has 2 aliphatic heterocycles. The number of anilines is 1. The lowest BCUT2D eigenvalue weighted by Gasteiger charge is -2.27. The molecule has 5 rings (SSSR count). The van der Waals surface area contributed by atoms with Crippen LogP contribution in [0.25, 0.3) is 0 Å². The van der Waals surface area contributed by atoms with E-state index in [1.165, 1.54) is 24.8 Å². The zero-order valence-corrected chi connectivity index (χ0v) is 20.0. The van der Waals surface area contributed by atoms with Crippen LogP contribution in [0, 0.1) is 5.92 Å². The van der Waals surface area contributed by atoms with Crippen LogP contribution in [0.4, 0.5) is 5.95 Å². The maximum absolute atomic E-state index is 4.95. The van der Waals surface area contributed by atoms with Crippen molar-refractivity contribution in [2.45, 2.75) is 38.8 Å². The number of piperidine rings is 1. The zero-order chi connectivity index (χ0) is 23.0. The molecule has 1 aromatic carbocycles. The molecule has 3 aromatic rings. The fourth-order valence-electron chi connectivity index (χ4n) is 5.19. The van der Waals surface area contributed by atoms with Crippen LogP contribution in [-0.2, 0) is 19.5 Å². The number of benzene rings is 1. The highest BCUT2D eigenvalue weighted by atomic mass is 15.3. The summed E-state index contributed by atoms with van der Waals surface area (Å²) in [6.45, 7) is 8.17. The van der Waals surface area contributed by atoms with Gasteiger partial charge in [0.15, 0.2) is 0 Å². The summed E-state index contributed by atoms with van der Waals surface area (Å²) in [5.74, 6) is 1.39. The maximum atomic E-state index is 4.95. The molecule has 4 heterocycles. The van der Waals surface area contributed by atoms with Gasteiger partial charge in [-0.05, 0) is 43.2 Å². The lowest BCUT2D eigenvalue weighted by molar-refractivity contribution is 0.245. The second kappa shape index (κ2) is 11.5. The molecule has 0 aliphatic carbocycles. The van der Waals surface area contributed by atoms with E-state index in [9.17, 15) is 0 Å². The van der Waals surface area contributed by atoms with E-state index in [4.69, 9.17) is 4.98 Å². The maximum Gasteiger partial charge on any atom is 0.225 e. The Hall–Kier alpha value is -2.90. The topological polar surface area (TPSA) is 61.3 Å². The lowest BCUT2D eigenvalue weighted by Crippen LogP contribution is -2.33. The van der Waals surface area contributed by atoms with Gasteiger partial charge in [0.25, 0.3) is 0 Å². The summed E-state index contributed by atoms with van der Waals surface area (Å²) in [4.78, 5) is 25.9. The van der Waals surface area contributed by atoms with Crippen LogP contribution in [0.2, 0.25) is 0 Å². The van der Waals surface area contributed by atoms with Crippen molar-refractivity contribution in [2.75, 3.05) is 44.2 Å². The smallest absolute Gasteiger partial charge is 0.225 e. The lowest BCUT2D eigenvalue weighted by atomic mass is 10.0. The molecule has 0 radical (unpaired) electrons. The van der Waals surface area contributed by atoms with Crippen molar-refractivity contribution in [1.82, 2.24) is 29.7 Å². The van der Waals surface area contributed by atoms with Crippen LogP contribution in [0.15, 0.2) is 61.2 Å². The standard InChI is InChI=1S/C27H35N7/c1-3-7-23(8-4-1)19-32-15-16-33(21-24(20-32)17-26-18-28-11-12-29-26)22-25-9-10-30-27(31-25)34-13-5-2-6-14-34/h1,3-4,7-12,18,24H,2,5-6,13-17,19-22H2/t24-/m1/s1. The van der Waals surface area contributed by atoms with E-state index >= 15 is 0 Å². The third kappa shape index (κ3) is 6.36. The van der Waals surface area contributed by atoms with Crippen LogP contribution in [0.5, 0.6) is 0 Å². The van der Waals surface area contributed by atoms with Crippen molar-refractivity contribution >= 4 is 5.95 Å². The van der Waals surface area contributed by atoms with Gasteiger partial charge in [-0.15, -0.1) is 0 Å². The number of hydrogen-bond acceptors (Lipinski definition) is 7. The molecule has 1 atom stereocenters. The third-order valence-corrected chi connectivity index (χ3v) is 6.85. The van der Waals surface area contributed by atoms with Crippen LogP contribution in [-0.4, -0.2) is 69.0 Å². The van der Waals surface area contributed by atoms with E-state index in [0.717, 1.165) is 76.1 Å². The predicted molar refractivity (Wildman–Crippen MR) is 134 cm³/mol. The Kier molecular flexibility index (Phi) is 7.73. The average Bonchev–Trinajstić information content (AvgIpc) is 3.07. The molecule has 0 spiro atoms. The van der Waals surface area contributed by atoms with Gasteiger partial charge < -0.3 is 4.90 Å². The predicted octanol–water partition coefficient (Wildman–Crippen LogP) is 3.43. The average molecular weight is 458 g/mol. The molecule has 34 heavy (non-hydrogen) atoms. The largest absolute Gasteiger partial charge is 0.341 e. The Morgan fingerprint density at radius 2 is 1.53 bits per heavy atom. The van der Waals surface area contributed by atoms with Gasteiger partial charge in [-0.2, -0.15) is 0 Å². The molecule has 178 valence electrons. The fraction of sp³-hybridized carbons (Fsp3) is 0.481. The second-order valence-corrected chi connectivity index (χ2v) is 9.62. The van der Waals surface area contributed by atoms with Gasteiger partial charge in [-0.25, -0.2) is 9.97 Å². The second-order valence-electron chi connectivity index (χ2n) is 9.62. The molecule has 0 unspecified atom stereocenters. The summed E-state index contributed by atoms with van der Waals surface area (Å²) in [6, 6.07) is 12.9. The Bertz CT molecular complexity index is 1010. The summed E-state index contributed by atoms with van der Waals surface area (Å²) >= 11 is 0. The van der Waals surface area contributed by atoms with Gasteiger partial charge in [0, 0.05) is 77.1 Å². The fourth-order valence-corrected chi connectivity index (χ4v) is 5.19. The molecule has 2 fully saturated rings. The first-order valence-electron chi connectivity index (χ1n) is 12.6. The molecular formula is C27H35N7. The Morgan fingerprint density at radius 3 is 2.29 bits per heavy atom.